The van der Waals surface area contributed by atoms with E-state index in [1.54, 1.807) is 12.3 Å². The van der Waals surface area contributed by atoms with Crippen LogP contribution in [-0.4, -0.2) is 59.0 Å². The van der Waals surface area contributed by atoms with Gasteiger partial charge in [-0.2, -0.15) is 11.8 Å². The number of nitrogens with zero attached hydrogens (tertiary/aromatic N) is 2. The molecule has 1 amide bonds. The number of thioether (sulfide) groups is 1. The molecule has 2 N–H and O–H groups in total. The van der Waals surface area contributed by atoms with Gasteiger partial charge in [0, 0.05) is 49.4 Å². The minimum absolute atomic E-state index is 0.112. The van der Waals surface area contributed by atoms with Gasteiger partial charge in [0.15, 0.2) is 0 Å². The Morgan fingerprint density at radius 2 is 2.04 bits per heavy atom. The fraction of sp³-hybridized carbons (Fsp3) is 0.600. The van der Waals surface area contributed by atoms with Crippen LogP contribution in [0.1, 0.15) is 42.5 Å². The van der Waals surface area contributed by atoms with E-state index in [0.717, 1.165) is 12.4 Å². The van der Waals surface area contributed by atoms with Crippen LogP contribution in [0.2, 0.25) is 0 Å². The predicted octanol–water partition coefficient (Wildman–Crippen LogP) is 3.16. The summed E-state index contributed by atoms with van der Waals surface area (Å²) in [6.07, 6.45) is 9.86. The van der Waals surface area contributed by atoms with Crippen LogP contribution in [0.25, 0.3) is 0 Å². The van der Waals surface area contributed by atoms with E-state index in [9.17, 15) is 4.79 Å². The summed E-state index contributed by atoms with van der Waals surface area (Å²) in [6, 6.07) is 3.74. The van der Waals surface area contributed by atoms with E-state index in [1.807, 2.05) is 12.1 Å². The summed E-state index contributed by atoms with van der Waals surface area (Å²) in [5, 5.41) is 6.33. The molecule has 2 aliphatic rings. The summed E-state index contributed by atoms with van der Waals surface area (Å²) in [4.78, 5) is 19.1. The van der Waals surface area contributed by atoms with Gasteiger partial charge in [0.25, 0.3) is 5.91 Å². The highest BCUT2D eigenvalue weighted by Gasteiger charge is 2.38. The first-order valence-corrected chi connectivity index (χ1v) is 10.8. The number of hydrogen-bond donors (Lipinski definition) is 2. The molecule has 1 saturated carbocycles. The molecule has 1 aromatic rings. The van der Waals surface area contributed by atoms with Crippen LogP contribution in [0.4, 0.5) is 5.82 Å². The minimum Gasteiger partial charge on any atom is -0.368 e. The van der Waals surface area contributed by atoms with E-state index < -0.39 is 0 Å². The van der Waals surface area contributed by atoms with Gasteiger partial charge >= 0.3 is 0 Å². The number of amides is 1. The summed E-state index contributed by atoms with van der Waals surface area (Å²) in [6.45, 7) is 7.41. The number of hydrogen-bond acceptors (Lipinski definition) is 5. The number of carbonyl (C=O) groups is 1. The maximum absolute atomic E-state index is 11.9. The van der Waals surface area contributed by atoms with E-state index >= 15 is 0 Å². The SMILES string of the molecule is C=CCNC(=O)c1ccc(NCC2(N3CCSCC3)CCCCC2)nc1. The fourth-order valence-electron chi connectivity index (χ4n) is 4.01. The second-order valence-corrected chi connectivity index (χ2v) is 8.39. The van der Waals surface area contributed by atoms with Crippen LogP contribution in [0.5, 0.6) is 0 Å². The van der Waals surface area contributed by atoms with Crippen molar-refractivity contribution < 1.29 is 4.79 Å². The Kier molecular flexibility index (Phi) is 6.97. The molecular formula is C20H30N4OS. The Bertz CT molecular complexity index is 592. The van der Waals surface area contributed by atoms with Crippen molar-refractivity contribution in [2.45, 2.75) is 37.6 Å². The van der Waals surface area contributed by atoms with Crippen molar-refractivity contribution in [3.63, 3.8) is 0 Å². The van der Waals surface area contributed by atoms with Gasteiger partial charge < -0.3 is 10.6 Å². The highest BCUT2D eigenvalue weighted by Crippen LogP contribution is 2.35. The lowest BCUT2D eigenvalue weighted by Crippen LogP contribution is -2.57. The average molecular weight is 375 g/mol. The molecular weight excluding hydrogens is 344 g/mol. The normalized spacial score (nSPS) is 20.3. The Morgan fingerprint density at radius 1 is 1.27 bits per heavy atom. The van der Waals surface area contributed by atoms with Crippen LogP contribution < -0.4 is 10.6 Å². The molecule has 0 unspecified atom stereocenters. The smallest absolute Gasteiger partial charge is 0.253 e. The Labute approximate surface area is 161 Å². The molecule has 26 heavy (non-hydrogen) atoms. The van der Waals surface area contributed by atoms with Crippen LogP contribution in [0, 0.1) is 0 Å². The quantitative estimate of drug-likeness (QED) is 0.718. The maximum atomic E-state index is 11.9. The van der Waals surface area contributed by atoms with Gasteiger partial charge in [-0.3, -0.25) is 9.69 Å². The van der Waals surface area contributed by atoms with Crippen molar-refractivity contribution in [1.29, 1.82) is 0 Å². The zero-order valence-corrected chi connectivity index (χ0v) is 16.3. The molecule has 1 saturated heterocycles. The third kappa shape index (κ3) is 4.80. The van der Waals surface area contributed by atoms with Gasteiger partial charge in [0.1, 0.15) is 5.82 Å². The molecule has 3 rings (SSSR count). The minimum atomic E-state index is -0.112. The van der Waals surface area contributed by atoms with Crippen molar-refractivity contribution >= 4 is 23.5 Å². The number of rotatable bonds is 7. The molecule has 0 aromatic carbocycles. The molecule has 6 heteroatoms. The summed E-state index contributed by atoms with van der Waals surface area (Å²) in [5.41, 5.74) is 0.846. The number of aromatic nitrogens is 1. The van der Waals surface area contributed by atoms with Crippen LogP contribution in [-0.2, 0) is 0 Å². The van der Waals surface area contributed by atoms with Crippen LogP contribution in [0.3, 0.4) is 0 Å². The highest BCUT2D eigenvalue weighted by atomic mass is 32.2. The number of pyridine rings is 1. The summed E-state index contributed by atoms with van der Waals surface area (Å²) < 4.78 is 0. The summed E-state index contributed by atoms with van der Waals surface area (Å²) in [5.74, 6) is 3.23. The lowest BCUT2D eigenvalue weighted by atomic mass is 9.80. The Balaban J connectivity index is 1.61. The van der Waals surface area contributed by atoms with E-state index in [4.69, 9.17) is 0 Å². The molecule has 2 heterocycles. The first kappa shape index (κ1) is 19.2. The predicted molar refractivity (Wildman–Crippen MR) is 110 cm³/mol. The highest BCUT2D eigenvalue weighted by molar-refractivity contribution is 7.99. The lowest BCUT2D eigenvalue weighted by Gasteiger charge is -2.48. The molecule has 1 aromatic heterocycles. The third-order valence-corrected chi connectivity index (χ3v) is 6.44. The van der Waals surface area contributed by atoms with Crippen molar-refractivity contribution in [3.05, 3.63) is 36.5 Å². The number of anilines is 1. The molecule has 0 radical (unpaired) electrons. The Hall–Kier alpha value is -1.53. The second kappa shape index (κ2) is 9.42. The van der Waals surface area contributed by atoms with Gasteiger partial charge in [-0.25, -0.2) is 4.98 Å². The number of carbonyl (C=O) groups excluding carboxylic acids is 1. The third-order valence-electron chi connectivity index (χ3n) is 5.50. The van der Waals surface area contributed by atoms with E-state index in [1.165, 1.54) is 56.7 Å². The maximum Gasteiger partial charge on any atom is 0.253 e. The van der Waals surface area contributed by atoms with E-state index in [2.05, 4.69) is 38.9 Å². The van der Waals surface area contributed by atoms with Gasteiger partial charge in [-0.1, -0.05) is 25.3 Å². The van der Waals surface area contributed by atoms with E-state index in [0.29, 0.717) is 12.1 Å². The molecule has 1 aliphatic carbocycles. The molecule has 2 fully saturated rings. The molecule has 0 atom stereocenters. The first-order valence-electron chi connectivity index (χ1n) is 9.65. The molecule has 0 spiro atoms. The summed E-state index contributed by atoms with van der Waals surface area (Å²) >= 11 is 2.07. The van der Waals surface area contributed by atoms with Crippen molar-refractivity contribution in [3.8, 4) is 0 Å². The first-order chi connectivity index (χ1) is 12.7. The standard InChI is InChI=1S/C20H30N4OS/c1-2-10-21-19(25)17-6-7-18(22-15-17)23-16-20(8-4-3-5-9-20)24-11-13-26-14-12-24/h2,6-7,15H,1,3-5,8-14,16H2,(H,21,25)(H,22,23). The zero-order valence-electron chi connectivity index (χ0n) is 15.5. The van der Waals surface area contributed by atoms with E-state index in [-0.39, 0.29) is 11.4 Å². The topological polar surface area (TPSA) is 57.3 Å². The molecule has 1 aliphatic heterocycles. The van der Waals surface area contributed by atoms with Gasteiger partial charge in [-0.05, 0) is 25.0 Å². The average Bonchev–Trinajstić information content (AvgIpc) is 2.72. The summed E-state index contributed by atoms with van der Waals surface area (Å²) in [7, 11) is 0. The van der Waals surface area contributed by atoms with Crippen LogP contribution >= 0.6 is 11.8 Å². The van der Waals surface area contributed by atoms with Crippen LogP contribution in [0.15, 0.2) is 31.0 Å². The molecule has 142 valence electrons. The number of nitrogens with one attached hydrogen (secondary N) is 2. The van der Waals surface area contributed by atoms with Gasteiger partial charge in [0.2, 0.25) is 0 Å². The van der Waals surface area contributed by atoms with Crippen molar-refractivity contribution in [1.82, 2.24) is 15.2 Å². The Morgan fingerprint density at radius 3 is 2.69 bits per heavy atom. The zero-order chi connectivity index (χ0) is 18.2. The second-order valence-electron chi connectivity index (χ2n) is 7.17. The van der Waals surface area contributed by atoms with Gasteiger partial charge in [-0.15, -0.1) is 6.58 Å². The van der Waals surface area contributed by atoms with Gasteiger partial charge in [0.05, 0.1) is 5.56 Å². The molecule has 0 bridgehead atoms. The van der Waals surface area contributed by atoms with Crippen molar-refractivity contribution in [2.75, 3.05) is 43.0 Å². The van der Waals surface area contributed by atoms with Crippen molar-refractivity contribution in [2.24, 2.45) is 0 Å². The molecule has 5 nitrogen and oxygen atoms in total. The largest absolute Gasteiger partial charge is 0.368 e. The monoisotopic (exact) mass is 374 g/mol. The fourth-order valence-corrected chi connectivity index (χ4v) is 4.91. The lowest BCUT2D eigenvalue weighted by molar-refractivity contribution is 0.0706.